The number of nitrogens with one attached hydrogen (secondary N) is 1. The molecule has 0 aliphatic carbocycles. The first-order chi connectivity index (χ1) is 10.5. The van der Waals surface area contributed by atoms with Crippen LogP contribution in [0.3, 0.4) is 0 Å². The molecule has 0 aromatic heterocycles. The van der Waals surface area contributed by atoms with E-state index in [0.717, 1.165) is 18.4 Å². The van der Waals surface area contributed by atoms with Gasteiger partial charge in [0.05, 0.1) is 6.10 Å². The number of carbonyl (C=O) groups is 2. The number of hydrogen-bond acceptors (Lipinski definition) is 3. The van der Waals surface area contributed by atoms with Crippen LogP contribution in [-0.2, 0) is 0 Å². The molecule has 6 nitrogen and oxygen atoms in total. The van der Waals surface area contributed by atoms with Gasteiger partial charge in [0.15, 0.2) is 0 Å². The molecule has 1 aliphatic rings. The van der Waals surface area contributed by atoms with Gasteiger partial charge in [-0.25, -0.2) is 4.79 Å². The largest absolute Gasteiger partial charge is 0.465 e. The van der Waals surface area contributed by atoms with Crippen LogP contribution in [0.15, 0.2) is 24.3 Å². The number of piperidine rings is 1. The summed E-state index contributed by atoms with van der Waals surface area (Å²) in [5, 5.41) is 21.2. The zero-order valence-electron chi connectivity index (χ0n) is 12.7. The molecular formula is C16H22N2O4. The Morgan fingerprint density at radius 1 is 1.27 bits per heavy atom. The van der Waals surface area contributed by atoms with E-state index in [1.807, 2.05) is 0 Å². The van der Waals surface area contributed by atoms with Crippen LogP contribution in [-0.4, -0.2) is 46.7 Å². The summed E-state index contributed by atoms with van der Waals surface area (Å²) in [6.45, 7) is 3.29. The fourth-order valence-electron chi connectivity index (χ4n) is 2.58. The van der Waals surface area contributed by atoms with Gasteiger partial charge in [0.25, 0.3) is 5.91 Å². The van der Waals surface area contributed by atoms with E-state index in [2.05, 4.69) is 5.32 Å². The number of nitrogens with zero attached hydrogens (tertiary/aromatic N) is 1. The summed E-state index contributed by atoms with van der Waals surface area (Å²) < 4.78 is 0. The molecule has 2 amide bonds. The lowest BCUT2D eigenvalue weighted by Crippen LogP contribution is -2.40. The lowest BCUT2D eigenvalue weighted by molar-refractivity contribution is 0.0928. The molecule has 1 unspecified atom stereocenters. The number of amides is 2. The van der Waals surface area contributed by atoms with E-state index in [4.69, 9.17) is 5.11 Å². The van der Waals surface area contributed by atoms with E-state index < -0.39 is 12.2 Å². The topological polar surface area (TPSA) is 89.9 Å². The summed E-state index contributed by atoms with van der Waals surface area (Å²) in [7, 11) is 0. The van der Waals surface area contributed by atoms with Gasteiger partial charge in [0, 0.05) is 25.2 Å². The second-order valence-electron chi connectivity index (χ2n) is 5.72. The summed E-state index contributed by atoms with van der Waals surface area (Å²) in [5.41, 5.74) is 1.34. The zero-order valence-corrected chi connectivity index (χ0v) is 12.7. The van der Waals surface area contributed by atoms with Crippen molar-refractivity contribution in [1.82, 2.24) is 10.2 Å². The summed E-state index contributed by atoms with van der Waals surface area (Å²) >= 11 is 0. The van der Waals surface area contributed by atoms with E-state index in [1.165, 1.54) is 4.90 Å². The molecule has 1 saturated heterocycles. The monoisotopic (exact) mass is 306 g/mol. The van der Waals surface area contributed by atoms with Gasteiger partial charge in [-0.1, -0.05) is 12.1 Å². The van der Waals surface area contributed by atoms with E-state index in [1.54, 1.807) is 31.2 Å². The van der Waals surface area contributed by atoms with Gasteiger partial charge in [-0.2, -0.15) is 0 Å². The van der Waals surface area contributed by atoms with Gasteiger partial charge in [0.1, 0.15) is 0 Å². The minimum absolute atomic E-state index is 0.141. The van der Waals surface area contributed by atoms with Gasteiger partial charge in [-0.3, -0.25) is 4.79 Å². The molecule has 0 bridgehead atoms. The molecule has 1 atom stereocenters. The fourth-order valence-corrected chi connectivity index (χ4v) is 2.58. The van der Waals surface area contributed by atoms with Crippen LogP contribution in [0, 0.1) is 5.92 Å². The van der Waals surface area contributed by atoms with Crippen LogP contribution in [0.1, 0.15) is 41.8 Å². The number of rotatable bonds is 4. The Kier molecular flexibility index (Phi) is 5.38. The summed E-state index contributed by atoms with van der Waals surface area (Å²) in [6.07, 6.45) is 0.124. The van der Waals surface area contributed by atoms with Gasteiger partial charge in [0.2, 0.25) is 0 Å². The number of carbonyl (C=O) groups excluding carboxylic acids is 1. The Hall–Kier alpha value is -2.08. The highest BCUT2D eigenvalue weighted by atomic mass is 16.4. The SMILES string of the molecule is CC(O)c1ccc(C(=O)NCC2CCN(C(=O)O)CC2)cc1. The Morgan fingerprint density at radius 2 is 1.86 bits per heavy atom. The van der Waals surface area contributed by atoms with Gasteiger partial charge in [-0.05, 0) is 43.4 Å². The number of hydrogen-bond donors (Lipinski definition) is 3. The quantitative estimate of drug-likeness (QED) is 0.792. The first-order valence-corrected chi connectivity index (χ1v) is 7.51. The number of carboxylic acid groups (broad SMARTS) is 1. The van der Waals surface area contributed by atoms with Crippen LogP contribution in [0.2, 0.25) is 0 Å². The summed E-state index contributed by atoms with van der Waals surface area (Å²) in [4.78, 5) is 24.3. The number of aliphatic hydroxyl groups is 1. The van der Waals surface area contributed by atoms with E-state index in [0.29, 0.717) is 31.1 Å². The minimum atomic E-state index is -0.874. The third-order valence-corrected chi connectivity index (χ3v) is 4.09. The average Bonchev–Trinajstić information content (AvgIpc) is 2.53. The molecule has 3 N–H and O–H groups in total. The number of likely N-dealkylation sites (tertiary alicyclic amines) is 1. The molecule has 6 heteroatoms. The molecule has 1 aromatic carbocycles. The normalized spacial score (nSPS) is 17.1. The van der Waals surface area contributed by atoms with Crippen molar-refractivity contribution in [2.75, 3.05) is 19.6 Å². The van der Waals surface area contributed by atoms with Crippen molar-refractivity contribution in [3.8, 4) is 0 Å². The van der Waals surface area contributed by atoms with Gasteiger partial charge in [-0.15, -0.1) is 0 Å². The third kappa shape index (κ3) is 4.21. The molecule has 2 rings (SSSR count). The van der Waals surface area contributed by atoms with Crippen LogP contribution >= 0.6 is 0 Å². The van der Waals surface area contributed by atoms with Crippen molar-refractivity contribution in [2.45, 2.75) is 25.9 Å². The minimum Gasteiger partial charge on any atom is -0.465 e. The highest BCUT2D eigenvalue weighted by molar-refractivity contribution is 5.94. The molecular weight excluding hydrogens is 284 g/mol. The lowest BCUT2D eigenvalue weighted by atomic mass is 9.97. The first-order valence-electron chi connectivity index (χ1n) is 7.51. The average molecular weight is 306 g/mol. The molecule has 0 spiro atoms. The van der Waals surface area contributed by atoms with Crippen molar-refractivity contribution < 1.29 is 19.8 Å². The van der Waals surface area contributed by atoms with Crippen molar-refractivity contribution in [1.29, 1.82) is 0 Å². The number of benzene rings is 1. The number of aliphatic hydroxyl groups excluding tert-OH is 1. The molecule has 120 valence electrons. The van der Waals surface area contributed by atoms with Crippen molar-refractivity contribution in [2.24, 2.45) is 5.92 Å². The van der Waals surface area contributed by atoms with E-state index >= 15 is 0 Å². The van der Waals surface area contributed by atoms with Crippen molar-refractivity contribution >= 4 is 12.0 Å². The van der Waals surface area contributed by atoms with E-state index in [9.17, 15) is 14.7 Å². The highest BCUT2D eigenvalue weighted by Crippen LogP contribution is 2.17. The smallest absolute Gasteiger partial charge is 0.407 e. The predicted molar refractivity (Wildman–Crippen MR) is 81.7 cm³/mol. The molecule has 1 aromatic rings. The molecule has 1 heterocycles. The fraction of sp³-hybridized carbons (Fsp3) is 0.500. The molecule has 22 heavy (non-hydrogen) atoms. The Balaban J connectivity index is 1.79. The van der Waals surface area contributed by atoms with Crippen LogP contribution in [0.5, 0.6) is 0 Å². The molecule has 1 fully saturated rings. The van der Waals surface area contributed by atoms with Crippen LogP contribution in [0.25, 0.3) is 0 Å². The van der Waals surface area contributed by atoms with Crippen molar-refractivity contribution in [3.63, 3.8) is 0 Å². The second kappa shape index (κ2) is 7.26. The first kappa shape index (κ1) is 16.3. The van der Waals surface area contributed by atoms with E-state index in [-0.39, 0.29) is 5.91 Å². The molecule has 1 aliphatic heterocycles. The molecule has 0 saturated carbocycles. The molecule has 0 radical (unpaired) electrons. The lowest BCUT2D eigenvalue weighted by Gasteiger charge is -2.29. The Labute approximate surface area is 129 Å². The highest BCUT2D eigenvalue weighted by Gasteiger charge is 2.22. The predicted octanol–water partition coefficient (Wildman–Crippen LogP) is 1.86. The maximum atomic E-state index is 12.1. The summed E-state index contributed by atoms with van der Waals surface area (Å²) in [6, 6.07) is 6.88. The standard InChI is InChI=1S/C16H22N2O4/c1-11(19)13-2-4-14(5-3-13)15(20)17-10-12-6-8-18(9-7-12)16(21)22/h2-5,11-12,19H,6-10H2,1H3,(H,17,20)(H,21,22). The van der Waals surface area contributed by atoms with Gasteiger partial charge >= 0.3 is 6.09 Å². The zero-order chi connectivity index (χ0) is 16.1. The third-order valence-electron chi connectivity index (χ3n) is 4.09. The van der Waals surface area contributed by atoms with Gasteiger partial charge < -0.3 is 20.4 Å². The summed E-state index contributed by atoms with van der Waals surface area (Å²) in [5.74, 6) is 0.175. The maximum Gasteiger partial charge on any atom is 0.407 e. The Bertz CT molecular complexity index is 519. The second-order valence-corrected chi connectivity index (χ2v) is 5.72. The van der Waals surface area contributed by atoms with Crippen LogP contribution < -0.4 is 5.32 Å². The Morgan fingerprint density at radius 3 is 2.36 bits per heavy atom. The maximum absolute atomic E-state index is 12.1. The van der Waals surface area contributed by atoms with Crippen molar-refractivity contribution in [3.05, 3.63) is 35.4 Å². The van der Waals surface area contributed by atoms with Crippen LogP contribution in [0.4, 0.5) is 4.79 Å².